The van der Waals surface area contributed by atoms with Gasteiger partial charge in [-0.1, -0.05) is 0 Å². The molecule has 0 aliphatic carbocycles. The standard InChI is InChI=1S/C22H25FN6O2S/c1-31-13-17-4-2-3-9-28(17)22-24-18(14-32-22)20-26-25-19-12-27(10-11-29(19)20)21(30)15-5-7-16(23)8-6-15/h5-8,14,17H,2-4,9-13H2,1H3. The van der Waals surface area contributed by atoms with Gasteiger partial charge in [0.15, 0.2) is 16.8 Å². The normalized spacial score (nSPS) is 18.6. The molecule has 1 aromatic carbocycles. The Morgan fingerprint density at radius 2 is 2.03 bits per heavy atom. The van der Waals surface area contributed by atoms with Crippen LogP contribution in [0, 0.1) is 5.82 Å². The van der Waals surface area contributed by atoms with Crippen LogP contribution in [0.25, 0.3) is 11.5 Å². The number of methoxy groups -OCH3 is 1. The number of halogens is 1. The van der Waals surface area contributed by atoms with Gasteiger partial charge >= 0.3 is 0 Å². The maximum atomic E-state index is 13.2. The highest BCUT2D eigenvalue weighted by molar-refractivity contribution is 7.14. The van der Waals surface area contributed by atoms with Gasteiger partial charge in [-0.2, -0.15) is 0 Å². The fourth-order valence-electron chi connectivity index (χ4n) is 4.41. The highest BCUT2D eigenvalue weighted by atomic mass is 32.1. The van der Waals surface area contributed by atoms with Crippen LogP contribution in [-0.2, 0) is 17.8 Å². The van der Waals surface area contributed by atoms with Gasteiger partial charge in [0.25, 0.3) is 5.91 Å². The lowest BCUT2D eigenvalue weighted by atomic mass is 10.0. The summed E-state index contributed by atoms with van der Waals surface area (Å²) in [6, 6.07) is 5.98. The molecule has 5 rings (SSSR count). The fraction of sp³-hybridized carbons (Fsp3) is 0.455. The Labute approximate surface area is 189 Å². The molecule has 168 valence electrons. The second-order valence-electron chi connectivity index (χ2n) is 8.14. The van der Waals surface area contributed by atoms with E-state index in [-0.39, 0.29) is 11.7 Å². The minimum atomic E-state index is -0.356. The number of nitrogens with zero attached hydrogens (tertiary/aromatic N) is 6. The molecule has 0 N–H and O–H groups in total. The Bertz CT molecular complexity index is 1100. The molecule has 8 nitrogen and oxygen atoms in total. The van der Waals surface area contributed by atoms with Crippen LogP contribution in [-0.4, -0.2) is 63.4 Å². The van der Waals surface area contributed by atoms with Crippen LogP contribution >= 0.6 is 11.3 Å². The number of fused-ring (bicyclic) bond motifs is 1. The van der Waals surface area contributed by atoms with Crippen LogP contribution in [0.5, 0.6) is 0 Å². The molecule has 3 aromatic rings. The maximum absolute atomic E-state index is 13.2. The van der Waals surface area contributed by atoms with Crippen molar-refractivity contribution in [3.8, 4) is 11.5 Å². The lowest BCUT2D eigenvalue weighted by Crippen LogP contribution is -2.42. The van der Waals surface area contributed by atoms with E-state index in [1.54, 1.807) is 23.3 Å². The molecule has 1 amide bonds. The van der Waals surface area contributed by atoms with Gasteiger partial charge in [-0.25, -0.2) is 9.37 Å². The molecule has 1 unspecified atom stereocenters. The van der Waals surface area contributed by atoms with E-state index in [4.69, 9.17) is 9.72 Å². The molecule has 1 saturated heterocycles. The zero-order chi connectivity index (χ0) is 22.1. The quantitative estimate of drug-likeness (QED) is 0.587. The van der Waals surface area contributed by atoms with Crippen molar-refractivity contribution in [2.45, 2.75) is 38.4 Å². The first-order chi connectivity index (χ1) is 15.6. The summed E-state index contributed by atoms with van der Waals surface area (Å²) < 4.78 is 20.6. The topological polar surface area (TPSA) is 76.4 Å². The maximum Gasteiger partial charge on any atom is 0.254 e. The number of benzene rings is 1. The average Bonchev–Trinajstić information content (AvgIpc) is 3.46. The summed E-state index contributed by atoms with van der Waals surface area (Å²) >= 11 is 1.62. The van der Waals surface area contributed by atoms with Crippen molar-refractivity contribution in [2.75, 3.05) is 31.7 Å². The molecule has 32 heavy (non-hydrogen) atoms. The number of piperidine rings is 1. The van der Waals surface area contributed by atoms with Crippen LogP contribution in [0.2, 0.25) is 0 Å². The summed E-state index contributed by atoms with van der Waals surface area (Å²) in [6.45, 7) is 3.18. The molecule has 0 radical (unpaired) electrons. The van der Waals surface area contributed by atoms with E-state index in [1.165, 1.54) is 30.7 Å². The van der Waals surface area contributed by atoms with E-state index in [9.17, 15) is 9.18 Å². The van der Waals surface area contributed by atoms with Crippen LogP contribution < -0.4 is 4.90 Å². The largest absolute Gasteiger partial charge is 0.383 e. The molecule has 1 atom stereocenters. The van der Waals surface area contributed by atoms with E-state index in [0.717, 1.165) is 41.9 Å². The van der Waals surface area contributed by atoms with Gasteiger partial charge in [-0.3, -0.25) is 4.79 Å². The van der Waals surface area contributed by atoms with E-state index < -0.39 is 0 Å². The highest BCUT2D eigenvalue weighted by Gasteiger charge is 2.28. The van der Waals surface area contributed by atoms with Gasteiger partial charge in [0, 0.05) is 37.7 Å². The summed E-state index contributed by atoms with van der Waals surface area (Å²) in [5, 5.41) is 11.7. The number of carbonyl (C=O) groups excluding carboxylic acids is 1. The Kier molecular flexibility index (Phi) is 5.88. The predicted molar refractivity (Wildman–Crippen MR) is 119 cm³/mol. The van der Waals surface area contributed by atoms with Gasteiger partial charge in [-0.15, -0.1) is 21.5 Å². The van der Waals surface area contributed by atoms with E-state index >= 15 is 0 Å². The van der Waals surface area contributed by atoms with Gasteiger partial charge in [0.2, 0.25) is 0 Å². The number of amides is 1. The third-order valence-corrected chi connectivity index (χ3v) is 6.96. The second-order valence-corrected chi connectivity index (χ2v) is 8.98. The lowest BCUT2D eigenvalue weighted by Gasteiger charge is -2.35. The molecule has 0 saturated carbocycles. The number of hydrogen-bond acceptors (Lipinski definition) is 7. The van der Waals surface area contributed by atoms with Crippen LogP contribution in [0.15, 0.2) is 29.6 Å². The van der Waals surface area contributed by atoms with Gasteiger partial charge in [-0.05, 0) is 43.5 Å². The summed E-state index contributed by atoms with van der Waals surface area (Å²) in [5.74, 6) is 0.972. The number of thiazole rings is 1. The summed E-state index contributed by atoms with van der Waals surface area (Å²) in [7, 11) is 1.74. The van der Waals surface area contributed by atoms with Crippen LogP contribution in [0.4, 0.5) is 9.52 Å². The fourth-order valence-corrected chi connectivity index (χ4v) is 5.31. The lowest BCUT2D eigenvalue weighted by molar-refractivity contribution is 0.0708. The molecule has 1 fully saturated rings. The Hall–Kier alpha value is -2.85. The monoisotopic (exact) mass is 456 g/mol. The molecule has 4 heterocycles. The van der Waals surface area contributed by atoms with Crippen LogP contribution in [0.1, 0.15) is 35.4 Å². The summed E-state index contributed by atoms with van der Waals surface area (Å²) in [4.78, 5) is 21.7. The van der Waals surface area contributed by atoms with Crippen molar-refractivity contribution in [3.05, 3.63) is 46.9 Å². The molecule has 2 aliphatic rings. The highest BCUT2D eigenvalue weighted by Crippen LogP contribution is 2.32. The first-order valence-corrected chi connectivity index (χ1v) is 11.7. The van der Waals surface area contributed by atoms with Crippen molar-refractivity contribution < 1.29 is 13.9 Å². The number of anilines is 1. The van der Waals surface area contributed by atoms with E-state index in [0.29, 0.717) is 37.8 Å². The van der Waals surface area contributed by atoms with Crippen molar-refractivity contribution in [1.29, 1.82) is 0 Å². The number of ether oxygens (including phenoxy) is 1. The summed E-state index contributed by atoms with van der Waals surface area (Å²) in [5.41, 5.74) is 1.28. The first kappa shape index (κ1) is 21.0. The Balaban J connectivity index is 1.33. The molecular formula is C22H25FN6O2S. The Morgan fingerprint density at radius 3 is 2.84 bits per heavy atom. The van der Waals surface area contributed by atoms with Gasteiger partial charge < -0.3 is 19.1 Å². The number of aromatic nitrogens is 4. The minimum absolute atomic E-state index is 0.133. The predicted octanol–water partition coefficient (Wildman–Crippen LogP) is 3.20. The number of hydrogen-bond donors (Lipinski definition) is 0. The molecular weight excluding hydrogens is 431 g/mol. The molecule has 0 spiro atoms. The third-order valence-electron chi connectivity index (χ3n) is 6.08. The molecule has 2 aliphatic heterocycles. The van der Waals surface area contributed by atoms with Crippen molar-refractivity contribution in [3.63, 3.8) is 0 Å². The number of carbonyl (C=O) groups is 1. The van der Waals surface area contributed by atoms with Crippen molar-refractivity contribution in [1.82, 2.24) is 24.6 Å². The SMILES string of the molecule is COCC1CCCCN1c1nc(-c2nnc3n2CCN(C(=O)c2ccc(F)cc2)C3)cs1. The average molecular weight is 457 g/mol. The number of rotatable bonds is 5. The van der Waals surface area contributed by atoms with Crippen molar-refractivity contribution in [2.24, 2.45) is 0 Å². The van der Waals surface area contributed by atoms with Crippen molar-refractivity contribution >= 4 is 22.4 Å². The summed E-state index contributed by atoms with van der Waals surface area (Å²) in [6.07, 6.45) is 3.49. The first-order valence-electron chi connectivity index (χ1n) is 10.8. The zero-order valence-corrected chi connectivity index (χ0v) is 18.7. The molecule has 10 heteroatoms. The van der Waals surface area contributed by atoms with Crippen LogP contribution in [0.3, 0.4) is 0 Å². The molecule has 0 bridgehead atoms. The van der Waals surface area contributed by atoms with Gasteiger partial charge in [0.05, 0.1) is 19.2 Å². The van der Waals surface area contributed by atoms with E-state index in [2.05, 4.69) is 15.1 Å². The zero-order valence-electron chi connectivity index (χ0n) is 17.9. The van der Waals surface area contributed by atoms with E-state index in [1.807, 2.05) is 9.95 Å². The third kappa shape index (κ3) is 4.00. The second kappa shape index (κ2) is 8.95. The smallest absolute Gasteiger partial charge is 0.254 e. The Morgan fingerprint density at radius 1 is 1.19 bits per heavy atom. The molecule has 2 aromatic heterocycles. The van der Waals surface area contributed by atoms with Gasteiger partial charge in [0.1, 0.15) is 11.5 Å². The minimum Gasteiger partial charge on any atom is -0.383 e.